The van der Waals surface area contributed by atoms with Gasteiger partial charge < -0.3 is 15.4 Å². The summed E-state index contributed by atoms with van der Waals surface area (Å²) in [5.74, 6) is 0.554. The maximum Gasteiger partial charge on any atom is 0.329 e. The lowest BCUT2D eigenvalue weighted by atomic mass is 10.1. The number of nitrogens with zero attached hydrogens (tertiary/aromatic N) is 3. The van der Waals surface area contributed by atoms with Crippen molar-refractivity contribution in [1.29, 1.82) is 0 Å². The summed E-state index contributed by atoms with van der Waals surface area (Å²) in [7, 11) is 1.58. The van der Waals surface area contributed by atoms with Gasteiger partial charge in [-0.15, -0.1) is 0 Å². The highest BCUT2D eigenvalue weighted by Gasteiger charge is 2.24. The Balaban J connectivity index is 3.02. The molecule has 8 heteroatoms. The number of rotatable bonds is 8. The molecule has 2 N–H and O–H groups in total. The Morgan fingerprint density at radius 1 is 1.50 bits per heavy atom. The zero-order valence-electron chi connectivity index (χ0n) is 12.3. The number of nitro groups is 1. The Morgan fingerprint density at radius 3 is 2.75 bits per heavy atom. The Hall–Kier alpha value is -1.96. The van der Waals surface area contributed by atoms with Crippen molar-refractivity contribution in [1.82, 2.24) is 9.97 Å². The first kappa shape index (κ1) is 16.1. The molecule has 0 amide bonds. The first-order chi connectivity index (χ1) is 9.39. The molecule has 0 unspecified atom stereocenters. The number of hydrogen-bond acceptors (Lipinski definition) is 7. The summed E-state index contributed by atoms with van der Waals surface area (Å²) in [5, 5.41) is 17.1. The van der Waals surface area contributed by atoms with Gasteiger partial charge in [0.1, 0.15) is 6.20 Å². The van der Waals surface area contributed by atoms with Crippen LogP contribution in [0.25, 0.3) is 0 Å². The van der Waals surface area contributed by atoms with E-state index in [-0.39, 0.29) is 11.5 Å². The SMILES string of the molecule is CCCNc1ncc([N+](=O)[O-])c(NC(C)(C)COC)n1. The van der Waals surface area contributed by atoms with Crippen molar-refractivity contribution < 1.29 is 9.66 Å². The lowest BCUT2D eigenvalue weighted by Crippen LogP contribution is -2.36. The summed E-state index contributed by atoms with van der Waals surface area (Å²) in [4.78, 5) is 18.6. The Morgan fingerprint density at radius 2 is 2.20 bits per heavy atom. The van der Waals surface area contributed by atoms with E-state index in [0.29, 0.717) is 19.1 Å². The molecule has 0 fully saturated rings. The van der Waals surface area contributed by atoms with Gasteiger partial charge >= 0.3 is 5.69 Å². The first-order valence-electron chi connectivity index (χ1n) is 6.42. The molecule has 0 aliphatic heterocycles. The third-order valence-corrected chi connectivity index (χ3v) is 2.46. The van der Waals surface area contributed by atoms with Gasteiger partial charge in [-0.1, -0.05) is 6.92 Å². The zero-order chi connectivity index (χ0) is 15.2. The van der Waals surface area contributed by atoms with Crippen LogP contribution < -0.4 is 10.6 Å². The van der Waals surface area contributed by atoms with Crippen molar-refractivity contribution in [3.63, 3.8) is 0 Å². The maximum atomic E-state index is 11.0. The minimum atomic E-state index is -0.505. The molecule has 1 heterocycles. The number of ether oxygens (including phenoxy) is 1. The molecule has 1 aromatic rings. The monoisotopic (exact) mass is 283 g/mol. The molecular weight excluding hydrogens is 262 g/mol. The molecule has 0 aromatic carbocycles. The molecule has 20 heavy (non-hydrogen) atoms. The van der Waals surface area contributed by atoms with Crippen molar-refractivity contribution in [3.8, 4) is 0 Å². The van der Waals surface area contributed by atoms with Crippen molar-refractivity contribution >= 4 is 17.5 Å². The second kappa shape index (κ2) is 6.99. The smallest absolute Gasteiger partial charge is 0.329 e. The van der Waals surface area contributed by atoms with Crippen LogP contribution in [0.3, 0.4) is 0 Å². The highest BCUT2D eigenvalue weighted by Crippen LogP contribution is 2.25. The average Bonchev–Trinajstić information content (AvgIpc) is 2.35. The van der Waals surface area contributed by atoms with Crippen LogP contribution in [0.4, 0.5) is 17.5 Å². The van der Waals surface area contributed by atoms with E-state index < -0.39 is 10.5 Å². The first-order valence-corrected chi connectivity index (χ1v) is 6.42. The van der Waals surface area contributed by atoms with Gasteiger partial charge in [-0.3, -0.25) is 10.1 Å². The molecule has 1 rings (SSSR count). The van der Waals surface area contributed by atoms with Crippen molar-refractivity contribution in [2.24, 2.45) is 0 Å². The van der Waals surface area contributed by atoms with E-state index in [1.54, 1.807) is 7.11 Å². The molecule has 0 bridgehead atoms. The molecule has 0 spiro atoms. The van der Waals surface area contributed by atoms with E-state index in [1.165, 1.54) is 6.20 Å². The largest absolute Gasteiger partial charge is 0.382 e. The summed E-state index contributed by atoms with van der Waals surface area (Å²) in [5.41, 5.74) is -0.633. The fourth-order valence-electron chi connectivity index (χ4n) is 1.64. The van der Waals surface area contributed by atoms with Gasteiger partial charge in [-0.25, -0.2) is 4.98 Å². The zero-order valence-corrected chi connectivity index (χ0v) is 12.3. The summed E-state index contributed by atoms with van der Waals surface area (Å²) >= 11 is 0. The average molecular weight is 283 g/mol. The molecule has 1 aromatic heterocycles. The topological polar surface area (TPSA) is 102 Å². The van der Waals surface area contributed by atoms with Crippen LogP contribution >= 0.6 is 0 Å². The van der Waals surface area contributed by atoms with E-state index in [9.17, 15) is 10.1 Å². The van der Waals surface area contributed by atoms with Crippen LogP contribution in [0, 0.1) is 10.1 Å². The second-order valence-electron chi connectivity index (χ2n) is 5.05. The molecule has 0 saturated heterocycles. The van der Waals surface area contributed by atoms with Crippen LogP contribution in [0.15, 0.2) is 6.20 Å². The summed E-state index contributed by atoms with van der Waals surface area (Å²) < 4.78 is 5.08. The van der Waals surface area contributed by atoms with Gasteiger partial charge in [-0.2, -0.15) is 4.98 Å². The maximum absolute atomic E-state index is 11.0. The number of aromatic nitrogens is 2. The Kier molecular flexibility index (Phi) is 5.63. The van der Waals surface area contributed by atoms with E-state index in [0.717, 1.165) is 6.42 Å². The molecule has 0 radical (unpaired) electrons. The number of anilines is 2. The van der Waals surface area contributed by atoms with E-state index in [1.807, 2.05) is 20.8 Å². The molecule has 0 saturated carbocycles. The lowest BCUT2D eigenvalue weighted by Gasteiger charge is -2.25. The van der Waals surface area contributed by atoms with Crippen LogP contribution in [0.2, 0.25) is 0 Å². The van der Waals surface area contributed by atoms with Gasteiger partial charge in [0.15, 0.2) is 0 Å². The Labute approximate surface area is 118 Å². The predicted molar refractivity (Wildman–Crippen MR) is 77.0 cm³/mol. The summed E-state index contributed by atoms with van der Waals surface area (Å²) in [6.45, 7) is 6.87. The fraction of sp³-hybridized carbons (Fsp3) is 0.667. The standard InChI is InChI=1S/C12H21N5O3/c1-5-6-13-11-14-7-9(17(18)19)10(15-11)16-12(2,3)8-20-4/h7H,5-6,8H2,1-4H3,(H2,13,14,15,16). The summed E-state index contributed by atoms with van der Waals surface area (Å²) in [6.07, 6.45) is 2.12. The fourth-order valence-corrected chi connectivity index (χ4v) is 1.64. The van der Waals surface area contributed by atoms with Crippen LogP contribution in [-0.4, -0.2) is 40.7 Å². The Bertz CT molecular complexity index is 464. The predicted octanol–water partition coefficient (Wildman–Crippen LogP) is 2.04. The van der Waals surface area contributed by atoms with Crippen LogP contribution in [-0.2, 0) is 4.74 Å². The number of nitrogens with one attached hydrogen (secondary N) is 2. The lowest BCUT2D eigenvalue weighted by molar-refractivity contribution is -0.384. The third kappa shape index (κ3) is 4.61. The van der Waals surface area contributed by atoms with Gasteiger partial charge in [0.25, 0.3) is 0 Å². The molecular formula is C12H21N5O3. The normalized spacial score (nSPS) is 11.2. The van der Waals surface area contributed by atoms with Gasteiger partial charge in [0.05, 0.1) is 17.1 Å². The van der Waals surface area contributed by atoms with E-state index in [2.05, 4.69) is 20.6 Å². The summed E-state index contributed by atoms with van der Waals surface area (Å²) in [6, 6.07) is 0. The third-order valence-electron chi connectivity index (χ3n) is 2.46. The number of methoxy groups -OCH3 is 1. The van der Waals surface area contributed by atoms with Gasteiger partial charge in [0, 0.05) is 13.7 Å². The van der Waals surface area contributed by atoms with E-state index >= 15 is 0 Å². The van der Waals surface area contributed by atoms with Crippen LogP contribution in [0.5, 0.6) is 0 Å². The minimum absolute atomic E-state index is 0.156. The van der Waals surface area contributed by atoms with Gasteiger partial charge in [-0.05, 0) is 20.3 Å². The van der Waals surface area contributed by atoms with Crippen molar-refractivity contribution in [3.05, 3.63) is 16.3 Å². The molecule has 0 aliphatic rings. The van der Waals surface area contributed by atoms with E-state index in [4.69, 9.17) is 4.74 Å². The number of hydrogen-bond donors (Lipinski definition) is 2. The second-order valence-corrected chi connectivity index (χ2v) is 5.05. The highest BCUT2D eigenvalue weighted by atomic mass is 16.6. The van der Waals surface area contributed by atoms with Crippen molar-refractivity contribution in [2.45, 2.75) is 32.7 Å². The molecule has 8 nitrogen and oxygen atoms in total. The van der Waals surface area contributed by atoms with Gasteiger partial charge in [0.2, 0.25) is 11.8 Å². The highest BCUT2D eigenvalue weighted by molar-refractivity contribution is 5.58. The van der Waals surface area contributed by atoms with Crippen molar-refractivity contribution in [2.75, 3.05) is 30.9 Å². The van der Waals surface area contributed by atoms with Crippen LogP contribution in [0.1, 0.15) is 27.2 Å². The molecule has 0 aliphatic carbocycles. The molecule has 112 valence electrons. The minimum Gasteiger partial charge on any atom is -0.382 e. The molecule has 0 atom stereocenters. The quantitative estimate of drug-likeness (QED) is 0.556.